The Morgan fingerprint density at radius 1 is 1.17 bits per heavy atom. The molecule has 0 aromatic heterocycles. The van der Waals surface area contributed by atoms with Crippen LogP contribution in [0.3, 0.4) is 0 Å². The molecule has 1 rings (SSSR count). The molecule has 1 aliphatic heterocycles. The maximum absolute atomic E-state index is 9.58. The fourth-order valence-corrected chi connectivity index (χ4v) is 2.03. The topological polar surface area (TPSA) is 60.0 Å². The number of rotatable bonds is 10. The predicted molar refractivity (Wildman–Crippen MR) is 69.8 cm³/mol. The monoisotopic (exact) mass is 261 g/mol. The van der Waals surface area contributed by atoms with E-state index in [1.807, 2.05) is 0 Å². The quantitative estimate of drug-likeness (QED) is 0.563. The highest BCUT2D eigenvalue weighted by molar-refractivity contribution is 4.71. The maximum atomic E-state index is 9.58. The molecule has 108 valence electrons. The van der Waals surface area contributed by atoms with Crippen LogP contribution in [0.2, 0.25) is 0 Å². The minimum absolute atomic E-state index is 0.311. The largest absolute Gasteiger partial charge is 0.388 e. The van der Waals surface area contributed by atoms with Crippen molar-refractivity contribution in [3.8, 4) is 0 Å². The van der Waals surface area contributed by atoms with Crippen molar-refractivity contribution < 1.29 is 19.3 Å². The summed E-state index contributed by atoms with van der Waals surface area (Å²) in [7, 11) is 1.63. The van der Waals surface area contributed by atoms with Crippen molar-refractivity contribution in [1.82, 2.24) is 5.32 Å². The Bertz CT molecular complexity index is 186. The van der Waals surface area contributed by atoms with Crippen molar-refractivity contribution in [2.24, 2.45) is 0 Å². The lowest BCUT2D eigenvalue weighted by Crippen LogP contribution is -2.35. The third kappa shape index (κ3) is 8.00. The first-order valence-corrected chi connectivity index (χ1v) is 6.89. The molecule has 1 saturated heterocycles. The number of methoxy groups -OCH3 is 1. The van der Waals surface area contributed by atoms with Crippen LogP contribution in [0.4, 0.5) is 0 Å². The van der Waals surface area contributed by atoms with Crippen LogP contribution >= 0.6 is 0 Å². The summed E-state index contributed by atoms with van der Waals surface area (Å²) in [6, 6.07) is 0.592. The van der Waals surface area contributed by atoms with Crippen molar-refractivity contribution >= 4 is 0 Å². The van der Waals surface area contributed by atoms with Gasteiger partial charge in [-0.2, -0.15) is 0 Å². The van der Waals surface area contributed by atoms with E-state index < -0.39 is 6.10 Å². The van der Waals surface area contributed by atoms with Gasteiger partial charge in [-0.15, -0.1) is 0 Å². The smallest absolute Gasteiger partial charge is 0.101 e. The summed E-state index contributed by atoms with van der Waals surface area (Å²) in [5.41, 5.74) is 0. The SMILES string of the molecule is COCCOCC(O)COCCC1CCCCN1. The normalized spacial score (nSPS) is 22.0. The Hall–Kier alpha value is -0.200. The molecule has 5 nitrogen and oxygen atoms in total. The van der Waals surface area contributed by atoms with Crippen LogP contribution < -0.4 is 5.32 Å². The van der Waals surface area contributed by atoms with Crippen LogP contribution in [0.25, 0.3) is 0 Å². The molecule has 0 saturated carbocycles. The second-order valence-electron chi connectivity index (χ2n) is 4.73. The molecule has 0 amide bonds. The average Bonchev–Trinajstić information content (AvgIpc) is 2.41. The van der Waals surface area contributed by atoms with E-state index in [1.54, 1.807) is 7.11 Å². The molecule has 0 aromatic carbocycles. The molecule has 0 aromatic rings. The molecular formula is C13H27NO4. The molecule has 0 aliphatic carbocycles. The van der Waals surface area contributed by atoms with Gasteiger partial charge in [-0.25, -0.2) is 0 Å². The zero-order valence-electron chi connectivity index (χ0n) is 11.4. The Morgan fingerprint density at radius 3 is 2.61 bits per heavy atom. The van der Waals surface area contributed by atoms with Crippen molar-refractivity contribution in [2.75, 3.05) is 46.7 Å². The van der Waals surface area contributed by atoms with Gasteiger partial charge in [0, 0.05) is 19.8 Å². The first kappa shape index (κ1) is 15.9. The van der Waals surface area contributed by atoms with Crippen LogP contribution in [0.5, 0.6) is 0 Å². The lowest BCUT2D eigenvalue weighted by molar-refractivity contribution is -0.0296. The molecule has 0 spiro atoms. The number of piperidine rings is 1. The first-order chi connectivity index (χ1) is 8.83. The number of nitrogens with one attached hydrogen (secondary N) is 1. The standard InChI is InChI=1S/C13H27NO4/c1-16-8-9-18-11-13(15)10-17-7-5-12-4-2-3-6-14-12/h12-15H,2-11H2,1H3. The summed E-state index contributed by atoms with van der Waals surface area (Å²) in [4.78, 5) is 0. The van der Waals surface area contributed by atoms with Gasteiger partial charge in [0.1, 0.15) is 6.10 Å². The molecule has 0 radical (unpaired) electrons. The minimum atomic E-state index is -0.541. The summed E-state index contributed by atoms with van der Waals surface area (Å²) < 4.78 is 15.5. The van der Waals surface area contributed by atoms with E-state index in [2.05, 4.69) is 5.32 Å². The van der Waals surface area contributed by atoms with Gasteiger partial charge in [0.05, 0.1) is 26.4 Å². The van der Waals surface area contributed by atoms with Crippen LogP contribution in [0.15, 0.2) is 0 Å². The number of ether oxygens (including phenoxy) is 3. The third-order valence-electron chi connectivity index (χ3n) is 3.08. The lowest BCUT2D eigenvalue weighted by Gasteiger charge is -2.23. The molecule has 1 heterocycles. The fourth-order valence-electron chi connectivity index (χ4n) is 2.03. The van der Waals surface area contributed by atoms with E-state index in [-0.39, 0.29) is 0 Å². The minimum Gasteiger partial charge on any atom is -0.388 e. The average molecular weight is 261 g/mol. The van der Waals surface area contributed by atoms with Gasteiger partial charge >= 0.3 is 0 Å². The van der Waals surface area contributed by atoms with E-state index >= 15 is 0 Å². The summed E-state index contributed by atoms with van der Waals surface area (Å²) in [5, 5.41) is 13.1. The van der Waals surface area contributed by atoms with E-state index in [4.69, 9.17) is 14.2 Å². The Balaban J connectivity index is 1.86. The second kappa shape index (κ2) is 10.7. The van der Waals surface area contributed by atoms with Crippen molar-refractivity contribution in [3.05, 3.63) is 0 Å². The molecule has 0 bridgehead atoms. The van der Waals surface area contributed by atoms with Crippen LogP contribution in [-0.4, -0.2) is 63.9 Å². The van der Waals surface area contributed by atoms with Crippen LogP contribution in [-0.2, 0) is 14.2 Å². The summed E-state index contributed by atoms with van der Waals surface area (Å²) in [5.74, 6) is 0. The molecule has 1 aliphatic rings. The molecule has 5 heteroatoms. The zero-order valence-corrected chi connectivity index (χ0v) is 11.4. The summed E-state index contributed by atoms with van der Waals surface area (Å²) in [6.07, 6.45) is 4.33. The second-order valence-corrected chi connectivity index (χ2v) is 4.73. The first-order valence-electron chi connectivity index (χ1n) is 6.89. The molecule has 2 atom stereocenters. The van der Waals surface area contributed by atoms with Gasteiger partial charge < -0.3 is 24.6 Å². The molecule has 2 N–H and O–H groups in total. The fraction of sp³-hybridized carbons (Fsp3) is 1.00. The van der Waals surface area contributed by atoms with Gasteiger partial charge in [0.15, 0.2) is 0 Å². The number of aliphatic hydroxyl groups excluding tert-OH is 1. The Morgan fingerprint density at radius 2 is 1.94 bits per heavy atom. The highest BCUT2D eigenvalue weighted by Gasteiger charge is 2.12. The van der Waals surface area contributed by atoms with Crippen LogP contribution in [0, 0.1) is 0 Å². The molecule has 18 heavy (non-hydrogen) atoms. The Labute approximate surface area is 110 Å². The lowest BCUT2D eigenvalue weighted by atomic mass is 10.0. The molecular weight excluding hydrogens is 234 g/mol. The van der Waals surface area contributed by atoms with Crippen LogP contribution in [0.1, 0.15) is 25.7 Å². The highest BCUT2D eigenvalue weighted by Crippen LogP contribution is 2.09. The molecule has 1 fully saturated rings. The third-order valence-corrected chi connectivity index (χ3v) is 3.08. The van der Waals surface area contributed by atoms with E-state index in [9.17, 15) is 5.11 Å². The van der Waals surface area contributed by atoms with Gasteiger partial charge in [0.2, 0.25) is 0 Å². The summed E-state index contributed by atoms with van der Waals surface area (Å²) >= 11 is 0. The van der Waals surface area contributed by atoms with Crippen molar-refractivity contribution in [1.29, 1.82) is 0 Å². The number of aliphatic hydroxyl groups is 1. The maximum Gasteiger partial charge on any atom is 0.101 e. The van der Waals surface area contributed by atoms with Gasteiger partial charge in [0.25, 0.3) is 0 Å². The summed E-state index contributed by atoms with van der Waals surface area (Å²) in [6.45, 7) is 3.55. The Kier molecular flexibility index (Phi) is 9.42. The zero-order chi connectivity index (χ0) is 13.1. The van der Waals surface area contributed by atoms with E-state index in [1.165, 1.54) is 19.3 Å². The van der Waals surface area contributed by atoms with Crippen molar-refractivity contribution in [3.63, 3.8) is 0 Å². The number of hydrogen-bond donors (Lipinski definition) is 2. The van der Waals surface area contributed by atoms with E-state index in [0.29, 0.717) is 39.1 Å². The van der Waals surface area contributed by atoms with Crippen molar-refractivity contribution in [2.45, 2.75) is 37.8 Å². The van der Waals surface area contributed by atoms with Gasteiger partial charge in [-0.1, -0.05) is 6.42 Å². The van der Waals surface area contributed by atoms with Gasteiger partial charge in [-0.05, 0) is 25.8 Å². The number of hydrogen-bond acceptors (Lipinski definition) is 5. The molecule has 2 unspecified atom stereocenters. The highest BCUT2D eigenvalue weighted by atomic mass is 16.5. The predicted octanol–water partition coefficient (Wildman–Crippen LogP) is 0.559. The van der Waals surface area contributed by atoms with Gasteiger partial charge in [-0.3, -0.25) is 0 Å². The van der Waals surface area contributed by atoms with E-state index in [0.717, 1.165) is 13.0 Å².